The number of pyridine rings is 1. The van der Waals surface area contributed by atoms with Crippen LogP contribution in [0.15, 0.2) is 66.2 Å². The molecule has 0 fully saturated rings. The van der Waals surface area contributed by atoms with Crippen LogP contribution in [0.4, 0.5) is 0 Å². The summed E-state index contributed by atoms with van der Waals surface area (Å²) in [5.74, 6) is 0.481. The van der Waals surface area contributed by atoms with Gasteiger partial charge in [0.15, 0.2) is 5.82 Å². The highest BCUT2D eigenvalue weighted by atomic mass is 32.1. The lowest BCUT2D eigenvalue weighted by atomic mass is 10.1. The standard InChI is InChI=1S/C25H22N4O2S/c1-31-25(30)18-9-7-17(8-10-18)21-5-2-4-20(27-21)16-29-12-11-22-19(15-29)14-26-24(28-22)23-6-3-13-32-23/h2-10,13-14H,11-12,15-16H2,1H3. The molecule has 0 saturated heterocycles. The maximum Gasteiger partial charge on any atom is 0.337 e. The van der Waals surface area contributed by atoms with Crippen molar-refractivity contribution in [2.75, 3.05) is 13.7 Å². The molecular weight excluding hydrogens is 420 g/mol. The van der Waals surface area contributed by atoms with Gasteiger partial charge in [-0.3, -0.25) is 9.88 Å². The molecule has 6 nitrogen and oxygen atoms in total. The van der Waals surface area contributed by atoms with E-state index >= 15 is 0 Å². The maximum absolute atomic E-state index is 11.7. The lowest BCUT2D eigenvalue weighted by Gasteiger charge is -2.27. The fourth-order valence-corrected chi connectivity index (χ4v) is 4.55. The van der Waals surface area contributed by atoms with Crippen molar-refractivity contribution in [3.05, 3.63) is 88.7 Å². The molecule has 1 aliphatic heterocycles. The van der Waals surface area contributed by atoms with Gasteiger partial charge in [0.25, 0.3) is 0 Å². The zero-order valence-electron chi connectivity index (χ0n) is 17.7. The van der Waals surface area contributed by atoms with Gasteiger partial charge in [-0.05, 0) is 35.7 Å². The number of carbonyl (C=O) groups excluding carboxylic acids is 1. The molecule has 0 unspecified atom stereocenters. The fraction of sp³-hybridized carbons (Fsp3) is 0.200. The normalized spacial score (nSPS) is 13.5. The number of rotatable bonds is 5. The Balaban J connectivity index is 1.29. The molecule has 0 radical (unpaired) electrons. The van der Waals surface area contributed by atoms with Crippen LogP contribution >= 0.6 is 11.3 Å². The van der Waals surface area contributed by atoms with E-state index in [2.05, 4.69) is 27.4 Å². The van der Waals surface area contributed by atoms with Crippen LogP contribution in [0.2, 0.25) is 0 Å². The van der Waals surface area contributed by atoms with E-state index in [9.17, 15) is 4.79 Å². The molecular formula is C25H22N4O2S. The molecule has 3 aromatic heterocycles. The second kappa shape index (κ2) is 8.98. The van der Waals surface area contributed by atoms with E-state index < -0.39 is 0 Å². The predicted molar refractivity (Wildman–Crippen MR) is 124 cm³/mol. The van der Waals surface area contributed by atoms with Gasteiger partial charge in [-0.15, -0.1) is 11.3 Å². The fourth-order valence-electron chi connectivity index (χ4n) is 3.89. The summed E-state index contributed by atoms with van der Waals surface area (Å²) in [6, 6.07) is 17.5. The molecule has 0 N–H and O–H groups in total. The number of methoxy groups -OCH3 is 1. The average molecular weight is 443 g/mol. The van der Waals surface area contributed by atoms with Crippen molar-refractivity contribution in [3.63, 3.8) is 0 Å². The molecule has 0 atom stereocenters. The summed E-state index contributed by atoms with van der Waals surface area (Å²) in [6.07, 6.45) is 2.88. The van der Waals surface area contributed by atoms with E-state index in [1.54, 1.807) is 23.5 Å². The predicted octanol–water partition coefficient (Wildman–Crippen LogP) is 4.61. The summed E-state index contributed by atoms with van der Waals surface area (Å²) >= 11 is 1.67. The third kappa shape index (κ3) is 4.30. The van der Waals surface area contributed by atoms with Crippen LogP contribution in [-0.2, 0) is 24.2 Å². The molecule has 32 heavy (non-hydrogen) atoms. The van der Waals surface area contributed by atoms with Crippen LogP contribution in [0, 0.1) is 0 Å². The number of hydrogen-bond acceptors (Lipinski definition) is 7. The Hall–Kier alpha value is -3.42. The summed E-state index contributed by atoms with van der Waals surface area (Å²) in [7, 11) is 1.38. The van der Waals surface area contributed by atoms with E-state index in [1.807, 2.05) is 36.5 Å². The van der Waals surface area contributed by atoms with Crippen molar-refractivity contribution in [2.24, 2.45) is 0 Å². The minimum absolute atomic E-state index is 0.338. The quantitative estimate of drug-likeness (QED) is 0.421. The van der Waals surface area contributed by atoms with Crippen molar-refractivity contribution in [1.82, 2.24) is 19.9 Å². The van der Waals surface area contributed by atoms with Crippen molar-refractivity contribution in [3.8, 4) is 22.0 Å². The molecule has 0 spiro atoms. The first kappa shape index (κ1) is 20.5. The first-order valence-corrected chi connectivity index (χ1v) is 11.3. The topological polar surface area (TPSA) is 68.2 Å². The number of benzene rings is 1. The lowest BCUT2D eigenvalue weighted by molar-refractivity contribution is 0.0600. The molecule has 1 aliphatic rings. The molecule has 1 aromatic carbocycles. The minimum atomic E-state index is -0.338. The van der Waals surface area contributed by atoms with E-state index in [0.717, 1.165) is 59.4 Å². The maximum atomic E-state index is 11.7. The Kier molecular flexibility index (Phi) is 5.75. The average Bonchev–Trinajstić information content (AvgIpc) is 3.39. The van der Waals surface area contributed by atoms with Crippen molar-refractivity contribution < 1.29 is 9.53 Å². The number of esters is 1. The van der Waals surface area contributed by atoms with Gasteiger partial charge in [0.05, 0.1) is 34.6 Å². The number of fused-ring (bicyclic) bond motifs is 1. The highest BCUT2D eigenvalue weighted by Gasteiger charge is 2.19. The summed E-state index contributed by atoms with van der Waals surface area (Å²) < 4.78 is 4.77. The number of thiophene rings is 1. The van der Waals surface area contributed by atoms with Gasteiger partial charge >= 0.3 is 5.97 Å². The zero-order chi connectivity index (χ0) is 21.9. The number of carbonyl (C=O) groups is 1. The highest BCUT2D eigenvalue weighted by Crippen LogP contribution is 2.25. The molecule has 160 valence electrons. The summed E-state index contributed by atoms with van der Waals surface area (Å²) in [5.41, 5.74) is 5.74. The minimum Gasteiger partial charge on any atom is -0.465 e. The van der Waals surface area contributed by atoms with Gasteiger partial charge in [0, 0.05) is 43.4 Å². The number of nitrogens with zero attached hydrogens (tertiary/aromatic N) is 4. The Morgan fingerprint density at radius 3 is 2.75 bits per heavy atom. The summed E-state index contributed by atoms with van der Waals surface area (Å²) in [6.45, 7) is 2.52. The molecule has 4 aromatic rings. The van der Waals surface area contributed by atoms with Gasteiger partial charge in [0.1, 0.15) is 0 Å². The van der Waals surface area contributed by atoms with Crippen LogP contribution in [0.5, 0.6) is 0 Å². The van der Waals surface area contributed by atoms with E-state index in [0.29, 0.717) is 5.56 Å². The van der Waals surface area contributed by atoms with Gasteiger partial charge < -0.3 is 4.74 Å². The second-order valence-corrected chi connectivity index (χ2v) is 8.63. The molecule has 4 heterocycles. The zero-order valence-corrected chi connectivity index (χ0v) is 18.5. The van der Waals surface area contributed by atoms with Crippen molar-refractivity contribution in [1.29, 1.82) is 0 Å². The van der Waals surface area contributed by atoms with Crippen LogP contribution in [0.1, 0.15) is 27.3 Å². The number of ether oxygens (including phenoxy) is 1. The number of aromatic nitrogens is 3. The van der Waals surface area contributed by atoms with Gasteiger partial charge in [-0.1, -0.05) is 24.3 Å². The van der Waals surface area contributed by atoms with E-state index in [1.165, 1.54) is 12.7 Å². The van der Waals surface area contributed by atoms with Crippen LogP contribution in [-0.4, -0.2) is 39.5 Å². The van der Waals surface area contributed by atoms with Gasteiger partial charge in [-0.2, -0.15) is 0 Å². The first-order valence-electron chi connectivity index (χ1n) is 10.5. The van der Waals surface area contributed by atoms with Crippen LogP contribution in [0.25, 0.3) is 22.0 Å². The largest absolute Gasteiger partial charge is 0.465 e. The SMILES string of the molecule is COC(=O)c1ccc(-c2cccc(CN3CCc4nc(-c5cccs5)ncc4C3)n2)cc1. The smallest absolute Gasteiger partial charge is 0.337 e. The van der Waals surface area contributed by atoms with Gasteiger partial charge in [0.2, 0.25) is 0 Å². The number of hydrogen-bond donors (Lipinski definition) is 0. The van der Waals surface area contributed by atoms with E-state index in [-0.39, 0.29) is 5.97 Å². The third-order valence-corrected chi connectivity index (χ3v) is 6.41. The Morgan fingerprint density at radius 2 is 1.97 bits per heavy atom. The van der Waals surface area contributed by atoms with Crippen LogP contribution in [0.3, 0.4) is 0 Å². The van der Waals surface area contributed by atoms with Gasteiger partial charge in [-0.25, -0.2) is 14.8 Å². The monoisotopic (exact) mass is 442 g/mol. The summed E-state index contributed by atoms with van der Waals surface area (Å²) in [5, 5.41) is 2.05. The molecule has 5 rings (SSSR count). The molecule has 0 saturated carbocycles. The van der Waals surface area contributed by atoms with Crippen molar-refractivity contribution >= 4 is 17.3 Å². The molecule has 0 amide bonds. The Bertz CT molecular complexity index is 1240. The van der Waals surface area contributed by atoms with Crippen LogP contribution < -0.4 is 0 Å². The Morgan fingerprint density at radius 1 is 1.09 bits per heavy atom. The molecule has 0 aliphatic carbocycles. The molecule has 7 heteroatoms. The highest BCUT2D eigenvalue weighted by molar-refractivity contribution is 7.13. The molecule has 0 bridgehead atoms. The Labute approximate surface area is 190 Å². The van der Waals surface area contributed by atoms with Crippen molar-refractivity contribution in [2.45, 2.75) is 19.5 Å². The first-order chi connectivity index (χ1) is 15.7. The lowest BCUT2D eigenvalue weighted by Crippen LogP contribution is -2.31. The second-order valence-electron chi connectivity index (χ2n) is 7.69. The van der Waals surface area contributed by atoms with E-state index in [4.69, 9.17) is 14.7 Å². The summed E-state index contributed by atoms with van der Waals surface area (Å²) in [4.78, 5) is 29.4. The third-order valence-electron chi connectivity index (χ3n) is 5.55.